The molecule has 1 saturated heterocycles. The minimum atomic E-state index is -0.329. The Kier molecular flexibility index (Phi) is 5.19. The van der Waals surface area contributed by atoms with Gasteiger partial charge in [-0.3, -0.25) is 0 Å². The van der Waals surface area contributed by atoms with Crippen LogP contribution in [0.2, 0.25) is 0 Å². The molecule has 0 radical (unpaired) electrons. The summed E-state index contributed by atoms with van der Waals surface area (Å²) in [7, 11) is 0. The van der Waals surface area contributed by atoms with E-state index < -0.39 is 0 Å². The van der Waals surface area contributed by atoms with Crippen molar-refractivity contribution in [1.29, 1.82) is 0 Å². The summed E-state index contributed by atoms with van der Waals surface area (Å²) in [6.45, 7) is 5.79. The Bertz CT molecular complexity index is 846. The zero-order valence-corrected chi connectivity index (χ0v) is 16.2. The van der Waals surface area contributed by atoms with E-state index in [1.54, 1.807) is 11.0 Å². The molecule has 2 aliphatic heterocycles. The number of amides is 2. The van der Waals surface area contributed by atoms with Crippen LogP contribution >= 0.6 is 0 Å². The van der Waals surface area contributed by atoms with E-state index in [0.29, 0.717) is 43.3 Å². The van der Waals surface area contributed by atoms with Crippen LogP contribution in [-0.2, 0) is 0 Å². The Labute approximate surface area is 163 Å². The van der Waals surface area contributed by atoms with Gasteiger partial charge >= 0.3 is 6.03 Å². The number of hydrogen-bond donors (Lipinski definition) is 1. The van der Waals surface area contributed by atoms with E-state index in [2.05, 4.69) is 15.5 Å². The molecule has 1 aromatic heterocycles. The van der Waals surface area contributed by atoms with Gasteiger partial charge in [-0.05, 0) is 31.0 Å². The summed E-state index contributed by atoms with van der Waals surface area (Å²) in [5, 5.41) is 7.14. The standard InChI is InChI=1S/C20H25FN4O3/c1-12(2)19-23-18(24-28-19)13-5-8-25(9-6-13)20(26)22-16-7-10-27-17-4-3-14(21)11-15(16)17/h3-4,11-13,16H,5-10H2,1-2H3,(H,22,26). The summed E-state index contributed by atoms with van der Waals surface area (Å²) in [5.41, 5.74) is 0.697. The summed E-state index contributed by atoms with van der Waals surface area (Å²) in [5.74, 6) is 2.11. The maximum Gasteiger partial charge on any atom is 0.317 e. The number of nitrogens with one attached hydrogen (secondary N) is 1. The molecule has 150 valence electrons. The molecule has 1 atom stereocenters. The van der Waals surface area contributed by atoms with E-state index >= 15 is 0 Å². The number of urea groups is 1. The Hall–Kier alpha value is -2.64. The van der Waals surface area contributed by atoms with Crippen LogP contribution < -0.4 is 10.1 Å². The molecule has 0 spiro atoms. The number of carbonyl (C=O) groups is 1. The van der Waals surface area contributed by atoms with Crippen LogP contribution in [0.25, 0.3) is 0 Å². The van der Waals surface area contributed by atoms with E-state index in [9.17, 15) is 9.18 Å². The second-order valence-electron chi connectivity index (χ2n) is 7.73. The molecule has 4 rings (SSSR count). The van der Waals surface area contributed by atoms with Crippen molar-refractivity contribution in [1.82, 2.24) is 20.4 Å². The van der Waals surface area contributed by atoms with Crippen molar-refractivity contribution in [2.45, 2.75) is 51.0 Å². The van der Waals surface area contributed by atoms with Gasteiger partial charge in [-0.15, -0.1) is 0 Å². The number of rotatable bonds is 3. The van der Waals surface area contributed by atoms with Crippen molar-refractivity contribution < 1.29 is 18.4 Å². The minimum absolute atomic E-state index is 0.128. The number of likely N-dealkylation sites (tertiary alicyclic amines) is 1. The number of halogens is 1. The second kappa shape index (κ2) is 7.77. The molecule has 1 unspecified atom stereocenters. The van der Waals surface area contributed by atoms with Crippen molar-refractivity contribution in [2.75, 3.05) is 19.7 Å². The Morgan fingerprint density at radius 2 is 2.07 bits per heavy atom. The lowest BCUT2D eigenvalue weighted by Gasteiger charge is -2.33. The van der Waals surface area contributed by atoms with Crippen molar-refractivity contribution in [2.24, 2.45) is 0 Å². The molecule has 2 amide bonds. The quantitative estimate of drug-likeness (QED) is 0.866. The molecule has 28 heavy (non-hydrogen) atoms. The number of hydrogen-bond acceptors (Lipinski definition) is 5. The monoisotopic (exact) mass is 388 g/mol. The third-order valence-corrected chi connectivity index (χ3v) is 5.41. The normalized spacial score (nSPS) is 20.0. The van der Waals surface area contributed by atoms with Crippen molar-refractivity contribution in [3.05, 3.63) is 41.3 Å². The SMILES string of the molecule is CC(C)c1nc(C2CCN(C(=O)NC3CCOc4ccc(F)cc43)CC2)no1. The van der Waals surface area contributed by atoms with E-state index in [1.165, 1.54) is 12.1 Å². The average molecular weight is 388 g/mol. The van der Waals surface area contributed by atoms with Gasteiger partial charge in [0.25, 0.3) is 0 Å². The van der Waals surface area contributed by atoms with E-state index in [1.807, 2.05) is 13.8 Å². The van der Waals surface area contributed by atoms with Crippen molar-refractivity contribution >= 4 is 6.03 Å². The highest BCUT2D eigenvalue weighted by molar-refractivity contribution is 5.75. The fourth-order valence-electron chi connectivity index (χ4n) is 3.74. The first-order valence-electron chi connectivity index (χ1n) is 9.82. The molecule has 7 nitrogen and oxygen atoms in total. The lowest BCUT2D eigenvalue weighted by Crippen LogP contribution is -2.46. The second-order valence-corrected chi connectivity index (χ2v) is 7.73. The highest BCUT2D eigenvalue weighted by Crippen LogP contribution is 2.33. The largest absolute Gasteiger partial charge is 0.493 e. The molecule has 8 heteroatoms. The topological polar surface area (TPSA) is 80.5 Å². The Morgan fingerprint density at radius 1 is 1.29 bits per heavy atom. The predicted octanol–water partition coefficient (Wildman–Crippen LogP) is 3.74. The lowest BCUT2D eigenvalue weighted by atomic mass is 9.96. The van der Waals surface area contributed by atoms with Crippen molar-refractivity contribution in [3.63, 3.8) is 0 Å². The van der Waals surface area contributed by atoms with Crippen LogP contribution in [0.3, 0.4) is 0 Å². The van der Waals surface area contributed by atoms with Crippen LogP contribution in [0.5, 0.6) is 5.75 Å². The number of carbonyl (C=O) groups excluding carboxylic acids is 1. The third-order valence-electron chi connectivity index (χ3n) is 5.41. The molecule has 1 fully saturated rings. The number of fused-ring (bicyclic) bond motifs is 1. The molecule has 2 aromatic rings. The summed E-state index contributed by atoms with van der Waals surface area (Å²) in [4.78, 5) is 19.0. The smallest absolute Gasteiger partial charge is 0.317 e. The first kappa shape index (κ1) is 18.7. The summed E-state index contributed by atoms with van der Waals surface area (Å²) in [6.07, 6.45) is 2.21. The van der Waals surface area contributed by atoms with E-state index in [4.69, 9.17) is 9.26 Å². The molecular formula is C20H25FN4O3. The minimum Gasteiger partial charge on any atom is -0.493 e. The van der Waals surface area contributed by atoms with E-state index in [0.717, 1.165) is 18.7 Å². The van der Waals surface area contributed by atoms with Crippen LogP contribution in [0.15, 0.2) is 22.7 Å². The van der Waals surface area contributed by atoms with Gasteiger partial charge in [-0.1, -0.05) is 19.0 Å². The number of aromatic nitrogens is 2. The average Bonchev–Trinajstić information content (AvgIpc) is 3.19. The first-order valence-corrected chi connectivity index (χ1v) is 9.82. The van der Waals surface area contributed by atoms with Crippen LogP contribution in [0, 0.1) is 5.82 Å². The number of piperidine rings is 1. The van der Waals surface area contributed by atoms with Gasteiger partial charge in [-0.25, -0.2) is 9.18 Å². The summed E-state index contributed by atoms with van der Waals surface area (Å²) in [6, 6.07) is 4.06. The molecule has 3 heterocycles. The predicted molar refractivity (Wildman–Crippen MR) is 99.7 cm³/mol. The van der Waals surface area contributed by atoms with Gasteiger partial charge in [0, 0.05) is 36.9 Å². The van der Waals surface area contributed by atoms with Gasteiger partial charge < -0.3 is 19.5 Å². The van der Waals surface area contributed by atoms with Crippen LogP contribution in [0.1, 0.15) is 68.3 Å². The molecule has 2 aliphatic rings. The third kappa shape index (κ3) is 3.81. The first-order chi connectivity index (χ1) is 13.5. The maximum absolute atomic E-state index is 13.6. The molecule has 0 aliphatic carbocycles. The van der Waals surface area contributed by atoms with Crippen LogP contribution in [0.4, 0.5) is 9.18 Å². The van der Waals surface area contributed by atoms with Crippen molar-refractivity contribution in [3.8, 4) is 5.75 Å². The highest BCUT2D eigenvalue weighted by Gasteiger charge is 2.30. The van der Waals surface area contributed by atoms with Gasteiger partial charge in [-0.2, -0.15) is 4.98 Å². The van der Waals surface area contributed by atoms with Gasteiger partial charge in [0.05, 0.1) is 12.6 Å². The van der Waals surface area contributed by atoms with Gasteiger partial charge in [0.1, 0.15) is 11.6 Å². The maximum atomic E-state index is 13.6. The Balaban J connectivity index is 1.35. The fourth-order valence-corrected chi connectivity index (χ4v) is 3.74. The Morgan fingerprint density at radius 3 is 2.79 bits per heavy atom. The number of nitrogens with zero attached hydrogens (tertiary/aromatic N) is 3. The zero-order valence-electron chi connectivity index (χ0n) is 16.2. The molecule has 0 bridgehead atoms. The van der Waals surface area contributed by atoms with Crippen LogP contribution in [-0.4, -0.2) is 40.8 Å². The highest BCUT2D eigenvalue weighted by atomic mass is 19.1. The molecule has 1 N–H and O–H groups in total. The lowest BCUT2D eigenvalue weighted by molar-refractivity contribution is 0.170. The number of ether oxygens (including phenoxy) is 1. The molecule has 1 aromatic carbocycles. The fraction of sp³-hybridized carbons (Fsp3) is 0.550. The zero-order chi connectivity index (χ0) is 19.7. The number of benzene rings is 1. The molecule has 0 saturated carbocycles. The van der Waals surface area contributed by atoms with E-state index in [-0.39, 0.29) is 29.7 Å². The molecular weight excluding hydrogens is 363 g/mol. The van der Waals surface area contributed by atoms with Gasteiger partial charge in [0.2, 0.25) is 5.89 Å². The van der Waals surface area contributed by atoms with Gasteiger partial charge in [0.15, 0.2) is 5.82 Å². The summed E-state index contributed by atoms with van der Waals surface area (Å²) >= 11 is 0. The summed E-state index contributed by atoms with van der Waals surface area (Å²) < 4.78 is 24.5.